The summed E-state index contributed by atoms with van der Waals surface area (Å²) in [5.74, 6) is -0.659. The first kappa shape index (κ1) is 11.7. The van der Waals surface area contributed by atoms with Crippen LogP contribution in [0, 0.1) is 0 Å². The highest BCUT2D eigenvalue weighted by atomic mass is 16.5. The molecule has 0 heterocycles. The first-order chi connectivity index (χ1) is 6.11. The lowest BCUT2D eigenvalue weighted by molar-refractivity contribution is -0.144. The molecule has 0 aromatic heterocycles. The Labute approximate surface area is 78.0 Å². The van der Waals surface area contributed by atoms with E-state index in [1.807, 2.05) is 13.0 Å². The second-order valence-electron chi connectivity index (χ2n) is 2.58. The Morgan fingerprint density at radius 3 is 2.54 bits per heavy atom. The van der Waals surface area contributed by atoms with Gasteiger partial charge in [0.05, 0.1) is 7.11 Å². The monoisotopic (exact) mass is 185 g/mol. The van der Waals surface area contributed by atoms with Gasteiger partial charge in [0.25, 0.3) is 0 Å². The molecule has 0 aliphatic heterocycles. The molecular formula is C9H15NO3. The normalized spacial score (nSPS) is 12.5. The summed E-state index contributed by atoms with van der Waals surface area (Å²) in [5, 5.41) is 2.50. The van der Waals surface area contributed by atoms with Crippen LogP contribution in [0.5, 0.6) is 0 Å². The molecule has 13 heavy (non-hydrogen) atoms. The van der Waals surface area contributed by atoms with Crippen LogP contribution in [0.4, 0.5) is 0 Å². The molecular weight excluding hydrogens is 170 g/mol. The maximum Gasteiger partial charge on any atom is 0.328 e. The summed E-state index contributed by atoms with van der Waals surface area (Å²) in [7, 11) is 1.30. The molecule has 0 rings (SSSR count). The molecule has 0 aromatic carbocycles. The van der Waals surface area contributed by atoms with E-state index >= 15 is 0 Å². The van der Waals surface area contributed by atoms with Gasteiger partial charge in [-0.3, -0.25) is 4.79 Å². The molecule has 1 unspecified atom stereocenters. The molecule has 1 N–H and O–H groups in total. The summed E-state index contributed by atoms with van der Waals surface area (Å²) in [4.78, 5) is 21.8. The summed E-state index contributed by atoms with van der Waals surface area (Å²) in [6.45, 7) is 3.22. The van der Waals surface area contributed by atoms with Crippen LogP contribution in [0.25, 0.3) is 0 Å². The van der Waals surface area contributed by atoms with Gasteiger partial charge in [-0.05, 0) is 13.3 Å². The van der Waals surface area contributed by atoms with Gasteiger partial charge in [-0.1, -0.05) is 12.2 Å². The Hall–Kier alpha value is -1.32. The van der Waals surface area contributed by atoms with Gasteiger partial charge in [-0.2, -0.15) is 0 Å². The number of methoxy groups -OCH3 is 1. The van der Waals surface area contributed by atoms with Crippen LogP contribution in [-0.2, 0) is 14.3 Å². The van der Waals surface area contributed by atoms with E-state index in [1.165, 1.54) is 14.0 Å². The van der Waals surface area contributed by atoms with Gasteiger partial charge in [0, 0.05) is 6.92 Å². The van der Waals surface area contributed by atoms with Gasteiger partial charge < -0.3 is 10.1 Å². The number of ether oxygens (including phenoxy) is 1. The van der Waals surface area contributed by atoms with E-state index in [4.69, 9.17) is 0 Å². The molecule has 0 spiro atoms. The van der Waals surface area contributed by atoms with Crippen molar-refractivity contribution in [2.75, 3.05) is 7.11 Å². The summed E-state index contributed by atoms with van der Waals surface area (Å²) >= 11 is 0. The highest BCUT2D eigenvalue weighted by molar-refractivity contribution is 5.83. The number of carbonyl (C=O) groups is 2. The van der Waals surface area contributed by atoms with Crippen molar-refractivity contribution in [2.45, 2.75) is 26.3 Å². The molecule has 0 bridgehead atoms. The smallest absolute Gasteiger partial charge is 0.328 e. The number of allylic oxidation sites excluding steroid dienone is 1. The highest BCUT2D eigenvalue weighted by Crippen LogP contribution is 1.96. The van der Waals surface area contributed by atoms with E-state index in [9.17, 15) is 9.59 Å². The third-order valence-electron chi connectivity index (χ3n) is 1.47. The topological polar surface area (TPSA) is 55.4 Å². The molecule has 0 radical (unpaired) electrons. The fourth-order valence-electron chi connectivity index (χ4n) is 0.874. The third-order valence-corrected chi connectivity index (χ3v) is 1.47. The lowest BCUT2D eigenvalue weighted by Crippen LogP contribution is -2.39. The zero-order valence-corrected chi connectivity index (χ0v) is 8.16. The molecule has 0 aliphatic rings. The van der Waals surface area contributed by atoms with Crippen LogP contribution in [-0.4, -0.2) is 25.0 Å². The van der Waals surface area contributed by atoms with Gasteiger partial charge in [-0.15, -0.1) is 0 Å². The average molecular weight is 185 g/mol. The van der Waals surface area contributed by atoms with Gasteiger partial charge in [0.2, 0.25) is 5.91 Å². The maximum atomic E-state index is 11.1. The van der Waals surface area contributed by atoms with Crippen molar-refractivity contribution in [3.8, 4) is 0 Å². The number of carbonyl (C=O) groups excluding carboxylic acids is 2. The highest BCUT2D eigenvalue weighted by Gasteiger charge is 2.17. The molecule has 0 fully saturated rings. The lowest BCUT2D eigenvalue weighted by atomic mass is 10.2. The van der Waals surface area contributed by atoms with Crippen LogP contribution in [0.2, 0.25) is 0 Å². The quantitative estimate of drug-likeness (QED) is 0.516. The number of rotatable bonds is 4. The average Bonchev–Trinajstić information content (AvgIpc) is 2.10. The van der Waals surface area contributed by atoms with Gasteiger partial charge in [-0.25, -0.2) is 4.79 Å². The van der Waals surface area contributed by atoms with E-state index in [0.717, 1.165) is 0 Å². The Balaban J connectivity index is 4.18. The summed E-state index contributed by atoms with van der Waals surface area (Å²) in [5.41, 5.74) is 0. The van der Waals surface area contributed by atoms with Gasteiger partial charge in [0.1, 0.15) is 6.04 Å². The van der Waals surface area contributed by atoms with Crippen LogP contribution in [0.1, 0.15) is 20.3 Å². The van der Waals surface area contributed by atoms with Crippen molar-refractivity contribution in [2.24, 2.45) is 0 Å². The minimum atomic E-state index is -0.571. The molecule has 0 saturated heterocycles. The van der Waals surface area contributed by atoms with E-state index in [1.54, 1.807) is 6.08 Å². The van der Waals surface area contributed by atoms with Crippen LogP contribution in [0.15, 0.2) is 12.2 Å². The van der Waals surface area contributed by atoms with Crippen LogP contribution in [0.3, 0.4) is 0 Å². The first-order valence-electron chi connectivity index (χ1n) is 4.08. The van der Waals surface area contributed by atoms with Crippen LogP contribution < -0.4 is 5.32 Å². The maximum absolute atomic E-state index is 11.1. The summed E-state index contributed by atoms with van der Waals surface area (Å²) in [6.07, 6.45) is 4.08. The molecule has 1 amide bonds. The Morgan fingerprint density at radius 2 is 2.15 bits per heavy atom. The van der Waals surface area contributed by atoms with Crippen molar-refractivity contribution in [1.29, 1.82) is 0 Å². The predicted molar refractivity (Wildman–Crippen MR) is 49.1 cm³/mol. The second kappa shape index (κ2) is 6.22. The standard InChI is InChI=1S/C9H15NO3/c1-4-5-6-8(9(12)13-3)10-7(2)11/h4-5,8H,6H2,1-3H3,(H,10,11)/b5-4+. The third kappa shape index (κ3) is 5.00. The predicted octanol–water partition coefficient (Wildman–Crippen LogP) is 0.630. The molecule has 74 valence electrons. The lowest BCUT2D eigenvalue weighted by Gasteiger charge is -2.12. The largest absolute Gasteiger partial charge is 0.467 e. The minimum Gasteiger partial charge on any atom is -0.467 e. The number of hydrogen-bond donors (Lipinski definition) is 1. The van der Waals surface area contributed by atoms with Gasteiger partial charge in [0.15, 0.2) is 0 Å². The summed E-state index contributed by atoms with van der Waals surface area (Å²) in [6, 6.07) is -0.571. The molecule has 0 aromatic rings. The van der Waals surface area contributed by atoms with Crippen molar-refractivity contribution in [3.05, 3.63) is 12.2 Å². The van der Waals surface area contributed by atoms with E-state index in [-0.39, 0.29) is 5.91 Å². The van der Waals surface area contributed by atoms with Crippen molar-refractivity contribution in [3.63, 3.8) is 0 Å². The van der Waals surface area contributed by atoms with Crippen LogP contribution >= 0.6 is 0 Å². The van der Waals surface area contributed by atoms with Crippen molar-refractivity contribution in [1.82, 2.24) is 5.32 Å². The molecule has 4 heteroatoms. The number of esters is 1. The van der Waals surface area contributed by atoms with E-state index in [0.29, 0.717) is 6.42 Å². The first-order valence-corrected chi connectivity index (χ1v) is 4.08. The van der Waals surface area contributed by atoms with E-state index in [2.05, 4.69) is 10.1 Å². The zero-order valence-electron chi connectivity index (χ0n) is 8.16. The fourth-order valence-corrected chi connectivity index (χ4v) is 0.874. The summed E-state index contributed by atoms with van der Waals surface area (Å²) < 4.78 is 4.52. The number of hydrogen-bond acceptors (Lipinski definition) is 3. The Bertz CT molecular complexity index is 211. The molecule has 1 atom stereocenters. The molecule has 0 saturated carbocycles. The SMILES string of the molecule is C/C=C/CC(NC(C)=O)C(=O)OC. The minimum absolute atomic E-state index is 0.236. The zero-order chi connectivity index (χ0) is 10.3. The number of nitrogens with one attached hydrogen (secondary N) is 1. The van der Waals surface area contributed by atoms with Crippen molar-refractivity contribution < 1.29 is 14.3 Å². The van der Waals surface area contributed by atoms with Gasteiger partial charge >= 0.3 is 5.97 Å². The van der Waals surface area contributed by atoms with E-state index < -0.39 is 12.0 Å². The molecule has 0 aliphatic carbocycles. The second-order valence-corrected chi connectivity index (χ2v) is 2.58. The Kier molecular flexibility index (Phi) is 5.59. The number of amides is 1. The Morgan fingerprint density at radius 1 is 1.54 bits per heavy atom. The van der Waals surface area contributed by atoms with Crippen molar-refractivity contribution >= 4 is 11.9 Å². The molecule has 4 nitrogen and oxygen atoms in total. The fraction of sp³-hybridized carbons (Fsp3) is 0.556.